The van der Waals surface area contributed by atoms with Crippen LogP contribution in [-0.2, 0) is 16.2 Å². The summed E-state index contributed by atoms with van der Waals surface area (Å²) in [5.41, 5.74) is 16.0. The van der Waals surface area contributed by atoms with E-state index in [4.69, 9.17) is 0 Å². The van der Waals surface area contributed by atoms with Crippen LogP contribution in [-0.4, -0.2) is 9.13 Å². The van der Waals surface area contributed by atoms with Gasteiger partial charge in [0, 0.05) is 38.2 Å². The van der Waals surface area contributed by atoms with Crippen molar-refractivity contribution in [3.8, 4) is 22.5 Å². The SMILES string of the molecule is CC1(C)CCC(C)(C)c2cc3c(cc21)c1c2ccccc2c2c4ccccc4n(-c4ccccc4)c2c1n3-c1cccc2c1-c1ccccc1C2(C)C. The lowest BCUT2D eigenvalue weighted by molar-refractivity contribution is 0.332. The zero-order chi connectivity index (χ0) is 36.0. The van der Waals surface area contributed by atoms with E-state index in [0.717, 1.165) is 0 Å². The van der Waals surface area contributed by atoms with E-state index in [1.54, 1.807) is 0 Å². The van der Waals surface area contributed by atoms with Gasteiger partial charge in [-0.3, -0.25) is 0 Å². The zero-order valence-corrected chi connectivity index (χ0v) is 31.5. The van der Waals surface area contributed by atoms with E-state index in [-0.39, 0.29) is 16.2 Å². The monoisotopic (exact) mass is 684 g/mol. The van der Waals surface area contributed by atoms with Crippen LogP contribution >= 0.6 is 0 Å². The fourth-order valence-corrected chi connectivity index (χ4v) is 10.5. The normalized spacial score (nSPS) is 16.8. The number of para-hydroxylation sites is 2. The van der Waals surface area contributed by atoms with Crippen molar-refractivity contribution in [1.82, 2.24) is 9.13 Å². The van der Waals surface area contributed by atoms with E-state index in [1.807, 2.05) is 0 Å². The first-order valence-corrected chi connectivity index (χ1v) is 19.3. The molecule has 7 aromatic carbocycles. The molecule has 9 aromatic rings. The van der Waals surface area contributed by atoms with Crippen molar-refractivity contribution in [2.45, 2.75) is 70.6 Å². The molecule has 0 saturated carbocycles. The van der Waals surface area contributed by atoms with Gasteiger partial charge in [-0.05, 0) is 98.7 Å². The van der Waals surface area contributed by atoms with Crippen molar-refractivity contribution in [2.75, 3.05) is 0 Å². The molecule has 0 amide bonds. The highest BCUT2D eigenvalue weighted by Gasteiger charge is 2.40. The van der Waals surface area contributed by atoms with Crippen LogP contribution in [0.2, 0.25) is 0 Å². The van der Waals surface area contributed by atoms with E-state index in [1.165, 1.54) is 112 Å². The Labute approximate surface area is 311 Å². The Morgan fingerprint density at radius 2 is 1.00 bits per heavy atom. The third kappa shape index (κ3) is 3.94. The van der Waals surface area contributed by atoms with Crippen LogP contribution in [0.25, 0.3) is 76.9 Å². The summed E-state index contributed by atoms with van der Waals surface area (Å²) in [4.78, 5) is 0. The molecule has 0 saturated heterocycles. The van der Waals surface area contributed by atoms with E-state index in [9.17, 15) is 0 Å². The van der Waals surface area contributed by atoms with Gasteiger partial charge in [-0.25, -0.2) is 0 Å². The molecule has 258 valence electrons. The smallest absolute Gasteiger partial charge is 0.0795 e. The average molecular weight is 685 g/mol. The summed E-state index contributed by atoms with van der Waals surface area (Å²) in [6, 6.07) is 50.6. The van der Waals surface area contributed by atoms with Gasteiger partial charge in [0.1, 0.15) is 0 Å². The van der Waals surface area contributed by atoms with Gasteiger partial charge >= 0.3 is 0 Å². The highest BCUT2D eigenvalue weighted by molar-refractivity contribution is 6.36. The Bertz CT molecular complexity index is 3020. The molecule has 0 radical (unpaired) electrons. The quantitative estimate of drug-likeness (QED) is 0.172. The first-order chi connectivity index (χ1) is 25.6. The topological polar surface area (TPSA) is 9.86 Å². The summed E-state index contributed by atoms with van der Waals surface area (Å²) in [6.07, 6.45) is 2.36. The number of hydrogen-bond acceptors (Lipinski definition) is 0. The molecule has 2 nitrogen and oxygen atoms in total. The van der Waals surface area contributed by atoms with Crippen LogP contribution in [0.15, 0.2) is 133 Å². The maximum Gasteiger partial charge on any atom is 0.0795 e. The fraction of sp³-hybridized carbons (Fsp3) is 0.216. The molecule has 0 N–H and O–H groups in total. The highest BCUT2D eigenvalue weighted by atomic mass is 15.0. The Kier molecular flexibility index (Phi) is 6.01. The third-order valence-corrected chi connectivity index (χ3v) is 13.3. The molecular weight excluding hydrogens is 641 g/mol. The lowest BCUT2D eigenvalue weighted by Gasteiger charge is -2.42. The molecule has 2 aliphatic rings. The number of nitrogens with zero attached hydrogens (tertiary/aromatic N) is 2. The average Bonchev–Trinajstić information content (AvgIpc) is 3.77. The Morgan fingerprint density at radius 3 is 1.74 bits per heavy atom. The molecule has 0 spiro atoms. The second-order valence-corrected chi connectivity index (χ2v) is 17.6. The molecule has 2 aliphatic carbocycles. The Hall–Kier alpha value is -5.60. The molecule has 0 unspecified atom stereocenters. The van der Waals surface area contributed by atoms with Crippen molar-refractivity contribution < 1.29 is 0 Å². The number of aromatic nitrogens is 2. The van der Waals surface area contributed by atoms with E-state index in [2.05, 4.69) is 184 Å². The van der Waals surface area contributed by atoms with Crippen molar-refractivity contribution in [2.24, 2.45) is 0 Å². The minimum absolute atomic E-state index is 0.0733. The number of fused-ring (bicyclic) bond motifs is 14. The molecule has 11 rings (SSSR count). The van der Waals surface area contributed by atoms with Crippen LogP contribution in [0.4, 0.5) is 0 Å². The van der Waals surface area contributed by atoms with Gasteiger partial charge in [-0.1, -0.05) is 139 Å². The third-order valence-electron chi connectivity index (χ3n) is 13.3. The maximum absolute atomic E-state index is 2.69. The van der Waals surface area contributed by atoms with Gasteiger partial charge in [0.25, 0.3) is 0 Å². The number of hydrogen-bond donors (Lipinski definition) is 0. The Morgan fingerprint density at radius 1 is 0.434 bits per heavy atom. The zero-order valence-electron chi connectivity index (χ0n) is 31.5. The highest BCUT2D eigenvalue weighted by Crippen LogP contribution is 2.55. The van der Waals surface area contributed by atoms with Crippen LogP contribution in [0, 0.1) is 0 Å². The van der Waals surface area contributed by atoms with Gasteiger partial charge in [0.15, 0.2) is 0 Å². The summed E-state index contributed by atoms with van der Waals surface area (Å²) < 4.78 is 5.23. The first-order valence-electron chi connectivity index (χ1n) is 19.3. The van der Waals surface area contributed by atoms with Crippen molar-refractivity contribution in [3.63, 3.8) is 0 Å². The van der Waals surface area contributed by atoms with Crippen LogP contribution in [0.1, 0.15) is 76.6 Å². The van der Waals surface area contributed by atoms with E-state index < -0.39 is 0 Å². The second kappa shape index (κ2) is 10.3. The summed E-state index contributed by atoms with van der Waals surface area (Å²) in [6.45, 7) is 14.6. The van der Waals surface area contributed by atoms with Crippen LogP contribution < -0.4 is 0 Å². The molecule has 0 atom stereocenters. The molecule has 2 aromatic heterocycles. The standard InChI is InChI=1S/C51H44N2/c1-49(2)27-28-50(3,4)40-30-43-36(29-39(40)49)45-33-20-11-10-19-32(33)44-35-22-13-15-25-41(35)52(31-17-8-7-9-18-31)47(44)48(45)53(43)42-26-16-24-38-46(42)34-21-12-14-23-37(34)51(38,5)6/h7-26,29-30H,27-28H2,1-6H3. The lowest BCUT2D eigenvalue weighted by Crippen LogP contribution is -2.33. The van der Waals surface area contributed by atoms with Gasteiger partial charge in [-0.15, -0.1) is 0 Å². The molecule has 2 heteroatoms. The van der Waals surface area contributed by atoms with Crippen molar-refractivity contribution >= 4 is 54.4 Å². The molecule has 53 heavy (non-hydrogen) atoms. The molecule has 2 heterocycles. The fourth-order valence-electron chi connectivity index (χ4n) is 10.5. The van der Waals surface area contributed by atoms with Crippen LogP contribution in [0.3, 0.4) is 0 Å². The predicted octanol–water partition coefficient (Wildman–Crippen LogP) is 13.7. The lowest BCUT2D eigenvalue weighted by atomic mass is 9.63. The molecule has 0 aliphatic heterocycles. The maximum atomic E-state index is 2.69. The molecule has 0 fully saturated rings. The van der Waals surface area contributed by atoms with Crippen molar-refractivity contribution in [1.29, 1.82) is 0 Å². The van der Waals surface area contributed by atoms with Gasteiger partial charge in [0.05, 0.1) is 27.8 Å². The van der Waals surface area contributed by atoms with Gasteiger partial charge in [0.2, 0.25) is 0 Å². The van der Waals surface area contributed by atoms with E-state index >= 15 is 0 Å². The van der Waals surface area contributed by atoms with Crippen LogP contribution in [0.5, 0.6) is 0 Å². The summed E-state index contributed by atoms with van der Waals surface area (Å²) in [5.74, 6) is 0. The predicted molar refractivity (Wildman–Crippen MR) is 225 cm³/mol. The number of rotatable bonds is 2. The minimum atomic E-state index is -0.104. The molecular formula is C51H44N2. The van der Waals surface area contributed by atoms with Crippen molar-refractivity contribution in [3.05, 3.63) is 156 Å². The largest absolute Gasteiger partial charge is 0.307 e. The second-order valence-electron chi connectivity index (χ2n) is 17.6. The summed E-state index contributed by atoms with van der Waals surface area (Å²) in [5, 5.41) is 7.91. The first kappa shape index (κ1) is 31.0. The van der Waals surface area contributed by atoms with Gasteiger partial charge in [-0.2, -0.15) is 0 Å². The summed E-state index contributed by atoms with van der Waals surface area (Å²) >= 11 is 0. The Balaban J connectivity index is 1.47. The molecule has 0 bridgehead atoms. The summed E-state index contributed by atoms with van der Waals surface area (Å²) in [7, 11) is 0. The number of benzene rings is 7. The van der Waals surface area contributed by atoms with Gasteiger partial charge < -0.3 is 9.13 Å². The van der Waals surface area contributed by atoms with E-state index in [0.29, 0.717) is 0 Å². The minimum Gasteiger partial charge on any atom is -0.307 e.